The Bertz CT molecular complexity index is 695. The summed E-state index contributed by atoms with van der Waals surface area (Å²) in [6.45, 7) is 2.96. The summed E-state index contributed by atoms with van der Waals surface area (Å²) in [5.74, 6) is 1.58. The van der Waals surface area contributed by atoms with Crippen molar-refractivity contribution in [2.24, 2.45) is 0 Å². The third-order valence-electron chi connectivity index (χ3n) is 4.54. The zero-order valence-corrected chi connectivity index (χ0v) is 16.0. The lowest BCUT2D eigenvalue weighted by Crippen LogP contribution is -2.19. The summed E-state index contributed by atoms with van der Waals surface area (Å²) in [6.07, 6.45) is -0.644. The second kappa shape index (κ2) is 8.08. The summed E-state index contributed by atoms with van der Waals surface area (Å²) in [6, 6.07) is 11.9. The van der Waals surface area contributed by atoms with Gasteiger partial charge in [0.25, 0.3) is 0 Å². The second-order valence-electron chi connectivity index (χ2n) is 7.20. The third kappa shape index (κ3) is 4.18. The highest BCUT2D eigenvalue weighted by atomic mass is 16.5. The molecule has 0 heterocycles. The van der Waals surface area contributed by atoms with Gasteiger partial charge in [0.05, 0.1) is 0 Å². The van der Waals surface area contributed by atoms with Crippen molar-refractivity contribution in [1.82, 2.24) is 9.80 Å². The summed E-state index contributed by atoms with van der Waals surface area (Å²) < 4.78 is 11.6. The summed E-state index contributed by atoms with van der Waals surface area (Å²) in [7, 11) is 8.07. The number of benzene rings is 2. The van der Waals surface area contributed by atoms with Gasteiger partial charge in [-0.05, 0) is 74.7 Å². The lowest BCUT2D eigenvalue weighted by molar-refractivity contribution is 0.222. The SMILES string of the molecule is CN(C)CCOc1ccc2c(c1)C(O)c1cc(OCCN(C)C)ccc1-2. The van der Waals surface area contributed by atoms with Crippen molar-refractivity contribution < 1.29 is 14.6 Å². The van der Waals surface area contributed by atoms with Crippen LogP contribution in [0.25, 0.3) is 11.1 Å². The summed E-state index contributed by atoms with van der Waals surface area (Å²) in [4.78, 5) is 4.16. The van der Waals surface area contributed by atoms with Crippen LogP contribution >= 0.6 is 0 Å². The van der Waals surface area contributed by atoms with E-state index in [0.29, 0.717) is 13.2 Å². The number of hydrogen-bond acceptors (Lipinski definition) is 5. The number of hydrogen-bond donors (Lipinski definition) is 1. The fourth-order valence-corrected chi connectivity index (χ4v) is 3.06. The van der Waals surface area contributed by atoms with Gasteiger partial charge in [-0.15, -0.1) is 0 Å². The minimum Gasteiger partial charge on any atom is -0.492 e. The van der Waals surface area contributed by atoms with E-state index in [1.807, 2.05) is 64.6 Å². The first-order chi connectivity index (χ1) is 12.5. The molecule has 0 unspecified atom stereocenters. The molecular formula is C21H28N2O3. The van der Waals surface area contributed by atoms with E-state index in [-0.39, 0.29) is 0 Å². The first-order valence-electron chi connectivity index (χ1n) is 8.97. The molecule has 0 fully saturated rings. The number of likely N-dealkylation sites (N-methyl/N-ethyl adjacent to an activating group) is 2. The molecule has 0 bridgehead atoms. The molecule has 0 atom stereocenters. The van der Waals surface area contributed by atoms with Crippen molar-refractivity contribution in [3.05, 3.63) is 47.5 Å². The smallest absolute Gasteiger partial charge is 0.119 e. The van der Waals surface area contributed by atoms with Crippen LogP contribution in [0.5, 0.6) is 11.5 Å². The van der Waals surface area contributed by atoms with Crippen LogP contribution < -0.4 is 9.47 Å². The minimum absolute atomic E-state index is 0.624. The zero-order valence-electron chi connectivity index (χ0n) is 16.0. The molecule has 1 aliphatic rings. The van der Waals surface area contributed by atoms with Gasteiger partial charge in [0, 0.05) is 13.1 Å². The Kier molecular flexibility index (Phi) is 5.81. The van der Waals surface area contributed by atoms with Crippen LogP contribution in [0.2, 0.25) is 0 Å². The van der Waals surface area contributed by atoms with E-state index in [9.17, 15) is 5.11 Å². The van der Waals surface area contributed by atoms with E-state index in [0.717, 1.165) is 46.8 Å². The van der Waals surface area contributed by atoms with E-state index in [1.54, 1.807) is 0 Å². The van der Waals surface area contributed by atoms with E-state index in [1.165, 1.54) is 0 Å². The molecule has 0 aromatic heterocycles. The van der Waals surface area contributed by atoms with Gasteiger partial charge in [0.2, 0.25) is 0 Å². The predicted octanol–water partition coefficient (Wildman–Crippen LogP) is 2.63. The highest BCUT2D eigenvalue weighted by molar-refractivity contribution is 5.79. The number of aliphatic hydroxyl groups excluding tert-OH is 1. The van der Waals surface area contributed by atoms with Gasteiger partial charge in [0.15, 0.2) is 0 Å². The molecule has 5 nitrogen and oxygen atoms in total. The molecule has 2 aromatic rings. The Morgan fingerprint density at radius 2 is 1.19 bits per heavy atom. The standard InChI is InChI=1S/C21H28N2O3/c1-22(2)9-11-25-15-5-7-17-18-8-6-16(26-12-10-23(3)4)14-20(18)21(24)19(17)13-15/h5-8,13-14,21,24H,9-12H2,1-4H3. The fraction of sp³-hybridized carbons (Fsp3) is 0.429. The molecule has 0 saturated carbocycles. The van der Waals surface area contributed by atoms with Crippen molar-refractivity contribution in [3.8, 4) is 22.6 Å². The molecule has 140 valence electrons. The predicted molar refractivity (Wildman–Crippen MR) is 104 cm³/mol. The molecule has 0 amide bonds. The number of aliphatic hydroxyl groups is 1. The Morgan fingerprint density at radius 3 is 1.58 bits per heavy atom. The van der Waals surface area contributed by atoms with Gasteiger partial charge in [-0.3, -0.25) is 0 Å². The lowest BCUT2D eigenvalue weighted by atomic mass is 10.1. The second-order valence-corrected chi connectivity index (χ2v) is 7.20. The largest absolute Gasteiger partial charge is 0.492 e. The first kappa shape index (κ1) is 18.7. The number of rotatable bonds is 8. The van der Waals surface area contributed by atoms with Crippen LogP contribution in [-0.2, 0) is 0 Å². The Balaban J connectivity index is 1.74. The van der Waals surface area contributed by atoms with Crippen molar-refractivity contribution >= 4 is 0 Å². The normalized spacial score (nSPS) is 13.2. The lowest BCUT2D eigenvalue weighted by Gasteiger charge is -2.13. The van der Waals surface area contributed by atoms with Gasteiger partial charge in [-0.2, -0.15) is 0 Å². The molecule has 0 saturated heterocycles. The quantitative estimate of drug-likeness (QED) is 0.788. The van der Waals surface area contributed by atoms with Crippen molar-refractivity contribution in [3.63, 3.8) is 0 Å². The topological polar surface area (TPSA) is 45.2 Å². The van der Waals surface area contributed by atoms with Gasteiger partial charge in [-0.25, -0.2) is 0 Å². The van der Waals surface area contributed by atoms with E-state index in [4.69, 9.17) is 9.47 Å². The van der Waals surface area contributed by atoms with Gasteiger partial charge >= 0.3 is 0 Å². The van der Waals surface area contributed by atoms with Crippen molar-refractivity contribution in [2.75, 3.05) is 54.5 Å². The molecule has 26 heavy (non-hydrogen) atoms. The number of ether oxygens (including phenoxy) is 2. The molecule has 2 aromatic carbocycles. The molecule has 0 spiro atoms. The molecule has 3 rings (SSSR count). The Morgan fingerprint density at radius 1 is 0.769 bits per heavy atom. The maximum Gasteiger partial charge on any atom is 0.119 e. The molecular weight excluding hydrogens is 328 g/mol. The van der Waals surface area contributed by atoms with E-state index >= 15 is 0 Å². The maximum atomic E-state index is 10.8. The van der Waals surface area contributed by atoms with Crippen molar-refractivity contribution in [1.29, 1.82) is 0 Å². The van der Waals surface area contributed by atoms with Crippen molar-refractivity contribution in [2.45, 2.75) is 6.10 Å². The minimum atomic E-state index is -0.644. The van der Waals surface area contributed by atoms with Gasteiger partial charge in [-0.1, -0.05) is 12.1 Å². The van der Waals surface area contributed by atoms with Crippen LogP contribution in [0.1, 0.15) is 17.2 Å². The summed E-state index contributed by atoms with van der Waals surface area (Å²) in [5, 5.41) is 10.8. The summed E-state index contributed by atoms with van der Waals surface area (Å²) >= 11 is 0. The number of nitrogens with zero attached hydrogens (tertiary/aromatic N) is 2. The average molecular weight is 356 g/mol. The third-order valence-corrected chi connectivity index (χ3v) is 4.54. The zero-order chi connectivity index (χ0) is 18.7. The fourth-order valence-electron chi connectivity index (χ4n) is 3.06. The summed E-state index contributed by atoms with van der Waals surface area (Å²) in [5.41, 5.74) is 3.92. The highest BCUT2D eigenvalue weighted by Gasteiger charge is 2.28. The Labute approximate surface area is 155 Å². The maximum absolute atomic E-state index is 10.8. The molecule has 1 N–H and O–H groups in total. The highest BCUT2D eigenvalue weighted by Crippen LogP contribution is 2.45. The van der Waals surface area contributed by atoms with Crippen LogP contribution in [-0.4, -0.2) is 69.4 Å². The van der Waals surface area contributed by atoms with Crippen LogP contribution in [0, 0.1) is 0 Å². The monoisotopic (exact) mass is 356 g/mol. The number of fused-ring (bicyclic) bond motifs is 3. The van der Waals surface area contributed by atoms with Crippen LogP contribution in [0.3, 0.4) is 0 Å². The van der Waals surface area contributed by atoms with Crippen LogP contribution in [0.4, 0.5) is 0 Å². The Hall–Kier alpha value is -2.08. The molecule has 5 heteroatoms. The molecule has 0 radical (unpaired) electrons. The van der Waals surface area contributed by atoms with Gasteiger partial charge in [0.1, 0.15) is 30.8 Å². The first-order valence-corrected chi connectivity index (χ1v) is 8.97. The molecule has 1 aliphatic carbocycles. The average Bonchev–Trinajstić information content (AvgIpc) is 2.86. The molecule has 0 aliphatic heterocycles. The van der Waals surface area contributed by atoms with E-state index < -0.39 is 6.10 Å². The van der Waals surface area contributed by atoms with Gasteiger partial charge < -0.3 is 24.4 Å². The van der Waals surface area contributed by atoms with Crippen LogP contribution in [0.15, 0.2) is 36.4 Å². The van der Waals surface area contributed by atoms with E-state index in [2.05, 4.69) is 9.80 Å².